The molecule has 0 aliphatic carbocycles. The van der Waals surface area contributed by atoms with Gasteiger partial charge in [0, 0.05) is 32.2 Å². The quantitative estimate of drug-likeness (QED) is 0.667. The second-order valence-corrected chi connectivity index (χ2v) is 9.53. The van der Waals surface area contributed by atoms with Crippen LogP contribution in [0.1, 0.15) is 35.5 Å². The number of aryl methyl sites for hydroxylation is 1. The standard InChI is InChI=1S/C21H25F3N4O3S.ClH/c1-4-25-19-10-9-18(15(3)26-19)20(29)28-12-11-27(13-14(28)2)32(30,31)17-7-5-16(6-8-17)21(22,23)24;/h5-10,14H,4,11-13H2,1-3H3,(H,25,26);1H/t14-;/m0./s1. The van der Waals surface area contributed by atoms with Crippen molar-refractivity contribution in [2.24, 2.45) is 0 Å². The summed E-state index contributed by atoms with van der Waals surface area (Å²) < 4.78 is 65.3. The Balaban J connectivity index is 0.00000385. The monoisotopic (exact) mass is 506 g/mol. The van der Waals surface area contributed by atoms with E-state index >= 15 is 0 Å². The van der Waals surface area contributed by atoms with Crippen LogP contribution in [0.5, 0.6) is 0 Å². The first kappa shape index (κ1) is 26.9. The van der Waals surface area contributed by atoms with E-state index < -0.39 is 27.8 Å². The molecule has 3 rings (SSSR count). The second-order valence-electron chi connectivity index (χ2n) is 7.59. The van der Waals surface area contributed by atoms with Crippen molar-refractivity contribution in [3.63, 3.8) is 0 Å². The highest BCUT2D eigenvalue weighted by atomic mass is 35.5. The van der Waals surface area contributed by atoms with Crippen molar-refractivity contribution in [3.8, 4) is 0 Å². The predicted molar refractivity (Wildman–Crippen MR) is 121 cm³/mol. The second kappa shape index (κ2) is 10.3. The van der Waals surface area contributed by atoms with E-state index in [4.69, 9.17) is 0 Å². The van der Waals surface area contributed by atoms with Crippen LogP contribution < -0.4 is 5.32 Å². The number of aromatic nitrogens is 1. The van der Waals surface area contributed by atoms with Gasteiger partial charge in [0.15, 0.2) is 0 Å². The lowest BCUT2D eigenvalue weighted by Crippen LogP contribution is -2.55. The number of sulfonamides is 1. The Kier molecular flexibility index (Phi) is 8.36. The van der Waals surface area contributed by atoms with Gasteiger partial charge >= 0.3 is 6.18 Å². The van der Waals surface area contributed by atoms with Crippen LogP contribution in [0.3, 0.4) is 0 Å². The van der Waals surface area contributed by atoms with Crippen LogP contribution in [0.15, 0.2) is 41.3 Å². The molecule has 1 saturated heterocycles. The van der Waals surface area contributed by atoms with E-state index in [1.165, 1.54) is 4.31 Å². The third kappa shape index (κ3) is 5.77. The highest BCUT2D eigenvalue weighted by molar-refractivity contribution is 7.89. The summed E-state index contributed by atoms with van der Waals surface area (Å²) >= 11 is 0. The van der Waals surface area contributed by atoms with Gasteiger partial charge in [-0.2, -0.15) is 17.5 Å². The number of carbonyl (C=O) groups excluding carboxylic acids is 1. The molecule has 1 aromatic heterocycles. The van der Waals surface area contributed by atoms with E-state index in [1.807, 2.05) is 6.92 Å². The lowest BCUT2D eigenvalue weighted by atomic mass is 10.1. The number of rotatable bonds is 5. The zero-order valence-electron chi connectivity index (χ0n) is 18.4. The number of nitrogens with one attached hydrogen (secondary N) is 1. The maximum atomic E-state index is 13.0. The first-order valence-corrected chi connectivity index (χ1v) is 11.6. The number of hydrogen-bond acceptors (Lipinski definition) is 5. The van der Waals surface area contributed by atoms with E-state index in [9.17, 15) is 26.4 Å². The van der Waals surface area contributed by atoms with Crippen LogP contribution in [-0.2, 0) is 16.2 Å². The van der Waals surface area contributed by atoms with Gasteiger partial charge in [-0.25, -0.2) is 13.4 Å². The molecule has 0 bridgehead atoms. The molecule has 2 aromatic rings. The summed E-state index contributed by atoms with van der Waals surface area (Å²) in [6.45, 7) is 6.36. The maximum Gasteiger partial charge on any atom is 0.416 e. The Labute approximate surface area is 197 Å². The van der Waals surface area contributed by atoms with E-state index in [0.717, 1.165) is 24.3 Å². The van der Waals surface area contributed by atoms with Crippen molar-refractivity contribution in [2.45, 2.75) is 37.9 Å². The predicted octanol–water partition coefficient (Wildman–Crippen LogP) is 3.80. The fourth-order valence-electron chi connectivity index (χ4n) is 3.63. The average molecular weight is 507 g/mol. The first-order valence-electron chi connectivity index (χ1n) is 10.1. The summed E-state index contributed by atoms with van der Waals surface area (Å²) in [6.07, 6.45) is -4.54. The van der Waals surface area contributed by atoms with E-state index in [2.05, 4.69) is 10.3 Å². The minimum Gasteiger partial charge on any atom is -0.370 e. The highest BCUT2D eigenvalue weighted by Gasteiger charge is 2.36. The minimum absolute atomic E-state index is 0. The Morgan fingerprint density at radius 1 is 1.15 bits per heavy atom. The minimum atomic E-state index is -4.54. The molecule has 0 spiro atoms. The number of halogens is 4. The number of alkyl halides is 3. The third-order valence-electron chi connectivity index (χ3n) is 5.34. The summed E-state index contributed by atoms with van der Waals surface area (Å²) in [6, 6.07) is 6.42. The molecule has 1 fully saturated rings. The molecule has 1 aliphatic rings. The number of nitrogens with zero attached hydrogens (tertiary/aromatic N) is 3. The van der Waals surface area contributed by atoms with Gasteiger partial charge < -0.3 is 10.2 Å². The van der Waals surface area contributed by atoms with Gasteiger partial charge in [0.25, 0.3) is 5.91 Å². The number of hydrogen-bond donors (Lipinski definition) is 1. The van der Waals surface area contributed by atoms with Gasteiger partial charge in [-0.05, 0) is 57.2 Å². The molecule has 1 N–H and O–H groups in total. The third-order valence-corrected chi connectivity index (χ3v) is 7.22. The molecule has 12 heteroatoms. The van der Waals surface area contributed by atoms with Crippen molar-refractivity contribution < 1.29 is 26.4 Å². The maximum absolute atomic E-state index is 13.0. The van der Waals surface area contributed by atoms with Gasteiger partial charge in [-0.15, -0.1) is 12.4 Å². The van der Waals surface area contributed by atoms with Gasteiger partial charge in [0.05, 0.1) is 21.7 Å². The molecule has 2 heterocycles. The first-order chi connectivity index (χ1) is 14.9. The Hall–Kier alpha value is -2.37. The number of carbonyl (C=O) groups is 1. The molecule has 1 aliphatic heterocycles. The summed E-state index contributed by atoms with van der Waals surface area (Å²) in [4.78, 5) is 18.8. The Bertz CT molecular complexity index is 1090. The van der Waals surface area contributed by atoms with Crippen LogP contribution in [-0.4, -0.2) is 60.7 Å². The van der Waals surface area contributed by atoms with Crippen LogP contribution in [0.4, 0.5) is 19.0 Å². The molecular weight excluding hydrogens is 481 g/mol. The van der Waals surface area contributed by atoms with Gasteiger partial charge in [0.2, 0.25) is 10.0 Å². The molecule has 0 radical (unpaired) electrons. The largest absolute Gasteiger partial charge is 0.416 e. The van der Waals surface area contributed by atoms with Crippen molar-refractivity contribution >= 4 is 34.2 Å². The smallest absolute Gasteiger partial charge is 0.370 e. The molecule has 1 atom stereocenters. The molecular formula is C21H26ClF3N4O3S. The zero-order chi connectivity index (χ0) is 23.7. The fraction of sp³-hybridized carbons (Fsp3) is 0.429. The molecule has 33 heavy (non-hydrogen) atoms. The van der Waals surface area contributed by atoms with Gasteiger partial charge in [-0.1, -0.05) is 0 Å². The van der Waals surface area contributed by atoms with Crippen molar-refractivity contribution in [1.82, 2.24) is 14.2 Å². The normalized spacial score (nSPS) is 17.4. The lowest BCUT2D eigenvalue weighted by Gasteiger charge is -2.39. The highest BCUT2D eigenvalue weighted by Crippen LogP contribution is 2.30. The van der Waals surface area contributed by atoms with Crippen LogP contribution in [0.25, 0.3) is 0 Å². The summed E-state index contributed by atoms with van der Waals surface area (Å²) in [5, 5.41) is 3.08. The number of piperazine rings is 1. The van der Waals surface area contributed by atoms with Crippen molar-refractivity contribution in [1.29, 1.82) is 0 Å². The molecule has 182 valence electrons. The summed E-state index contributed by atoms with van der Waals surface area (Å²) in [5.41, 5.74) is 0.0994. The molecule has 0 saturated carbocycles. The zero-order valence-corrected chi connectivity index (χ0v) is 20.0. The van der Waals surface area contributed by atoms with Gasteiger partial charge in [-0.3, -0.25) is 4.79 Å². The SMILES string of the molecule is CCNc1ccc(C(=O)N2CCN(S(=O)(=O)c3ccc(C(F)(F)F)cc3)C[C@@H]2C)c(C)n1.Cl. The van der Waals surface area contributed by atoms with E-state index in [0.29, 0.717) is 23.6 Å². The van der Waals surface area contributed by atoms with Crippen molar-refractivity contribution in [2.75, 3.05) is 31.5 Å². The van der Waals surface area contributed by atoms with Crippen LogP contribution >= 0.6 is 12.4 Å². The lowest BCUT2D eigenvalue weighted by molar-refractivity contribution is -0.137. The molecule has 1 aromatic carbocycles. The molecule has 7 nitrogen and oxygen atoms in total. The average Bonchev–Trinajstić information content (AvgIpc) is 2.73. The number of amides is 1. The van der Waals surface area contributed by atoms with E-state index in [-0.39, 0.29) is 42.8 Å². The molecule has 1 amide bonds. The van der Waals surface area contributed by atoms with Crippen LogP contribution in [0, 0.1) is 6.92 Å². The number of pyridine rings is 1. The van der Waals surface area contributed by atoms with Crippen molar-refractivity contribution in [3.05, 3.63) is 53.2 Å². The Morgan fingerprint density at radius 2 is 1.79 bits per heavy atom. The van der Waals surface area contributed by atoms with Gasteiger partial charge in [0.1, 0.15) is 5.82 Å². The van der Waals surface area contributed by atoms with Crippen LogP contribution in [0.2, 0.25) is 0 Å². The Morgan fingerprint density at radius 3 is 2.30 bits per heavy atom. The summed E-state index contributed by atoms with van der Waals surface area (Å²) in [5.74, 6) is 0.430. The fourth-order valence-corrected chi connectivity index (χ4v) is 5.14. The van der Waals surface area contributed by atoms with E-state index in [1.54, 1.807) is 30.9 Å². The number of benzene rings is 1. The molecule has 0 unspecified atom stereocenters. The number of anilines is 1. The topological polar surface area (TPSA) is 82.6 Å². The summed E-state index contributed by atoms with van der Waals surface area (Å²) in [7, 11) is -3.98.